The molecule has 1 aromatic carbocycles. The van der Waals surface area contributed by atoms with Crippen LogP contribution in [0.15, 0.2) is 30.4 Å². The van der Waals surface area contributed by atoms with Crippen LogP contribution in [-0.4, -0.2) is 12.4 Å². The second-order valence-corrected chi connectivity index (χ2v) is 3.84. The van der Waals surface area contributed by atoms with Gasteiger partial charge in [-0.3, -0.25) is 0 Å². The predicted molar refractivity (Wildman–Crippen MR) is 64.5 cm³/mol. The Balaban J connectivity index is 2.80. The third-order valence-corrected chi connectivity index (χ3v) is 2.41. The van der Waals surface area contributed by atoms with Crippen LogP contribution < -0.4 is 5.32 Å². The quantitative estimate of drug-likeness (QED) is 0.633. The molecule has 0 aliphatic rings. The second kappa shape index (κ2) is 5.96. The summed E-state index contributed by atoms with van der Waals surface area (Å²) in [5.74, 6) is 0.392. The van der Waals surface area contributed by atoms with E-state index in [1.54, 1.807) is 19.1 Å². The third-order valence-electron chi connectivity index (χ3n) is 2.23. The highest BCUT2D eigenvalue weighted by Crippen LogP contribution is 2.31. The largest absolute Gasteiger partial charge is 0.416 e. The molecule has 17 heavy (non-hydrogen) atoms. The van der Waals surface area contributed by atoms with Crippen LogP contribution in [0.4, 0.5) is 18.9 Å². The Kier molecular flexibility index (Phi) is 4.87. The van der Waals surface area contributed by atoms with Crippen molar-refractivity contribution in [2.75, 3.05) is 17.7 Å². The molecule has 0 radical (unpaired) electrons. The fraction of sp³-hybridized carbons (Fsp3) is 0.333. The van der Waals surface area contributed by atoms with E-state index in [1.807, 2.05) is 0 Å². The Bertz CT molecular complexity index is 399. The molecule has 0 spiro atoms. The molecule has 0 saturated heterocycles. The third kappa shape index (κ3) is 4.30. The number of hydrogen-bond acceptors (Lipinski definition) is 1. The number of hydrogen-bond donors (Lipinski definition) is 1. The van der Waals surface area contributed by atoms with Gasteiger partial charge in [-0.1, -0.05) is 18.2 Å². The maximum absolute atomic E-state index is 12.5. The molecule has 0 atom stereocenters. The first-order chi connectivity index (χ1) is 7.95. The molecular weight excluding hydrogens is 251 g/mol. The monoisotopic (exact) mass is 263 g/mol. The molecule has 5 heteroatoms. The fourth-order valence-electron chi connectivity index (χ4n) is 1.30. The molecular formula is C12H13ClF3N. The average molecular weight is 264 g/mol. The normalized spacial score (nSPS) is 12.1. The summed E-state index contributed by atoms with van der Waals surface area (Å²) < 4.78 is 37.4. The van der Waals surface area contributed by atoms with Gasteiger partial charge in [-0.15, -0.1) is 11.6 Å². The van der Waals surface area contributed by atoms with Gasteiger partial charge in [-0.2, -0.15) is 13.2 Å². The highest BCUT2D eigenvalue weighted by atomic mass is 35.5. The molecule has 1 nitrogen and oxygen atoms in total. The van der Waals surface area contributed by atoms with Crippen molar-refractivity contribution in [3.05, 3.63) is 41.5 Å². The zero-order valence-electron chi connectivity index (χ0n) is 9.31. The van der Waals surface area contributed by atoms with E-state index in [4.69, 9.17) is 11.6 Å². The number of aryl methyl sites for hydroxylation is 1. The van der Waals surface area contributed by atoms with E-state index in [9.17, 15) is 13.2 Å². The number of nitrogens with one attached hydrogen (secondary N) is 1. The first-order valence-corrected chi connectivity index (χ1v) is 5.61. The first kappa shape index (κ1) is 13.9. The van der Waals surface area contributed by atoms with E-state index >= 15 is 0 Å². The van der Waals surface area contributed by atoms with E-state index in [-0.39, 0.29) is 0 Å². The lowest BCUT2D eigenvalue weighted by Crippen LogP contribution is -2.07. The molecule has 0 saturated carbocycles. The van der Waals surface area contributed by atoms with E-state index in [0.717, 1.165) is 17.7 Å². The molecule has 0 amide bonds. The van der Waals surface area contributed by atoms with Gasteiger partial charge in [-0.05, 0) is 24.6 Å². The van der Waals surface area contributed by atoms with Gasteiger partial charge in [0.05, 0.1) is 5.56 Å². The molecule has 0 unspecified atom stereocenters. The maximum atomic E-state index is 12.5. The van der Waals surface area contributed by atoms with E-state index < -0.39 is 11.7 Å². The topological polar surface area (TPSA) is 12.0 Å². The molecule has 0 aromatic heterocycles. The SMILES string of the molecule is Cc1ccc(C(F)(F)F)cc1NC/C=C/CCl. The van der Waals surface area contributed by atoms with Crippen molar-refractivity contribution < 1.29 is 13.2 Å². The highest BCUT2D eigenvalue weighted by Gasteiger charge is 2.30. The maximum Gasteiger partial charge on any atom is 0.416 e. The lowest BCUT2D eigenvalue weighted by Gasteiger charge is -2.12. The molecule has 1 aromatic rings. The summed E-state index contributed by atoms with van der Waals surface area (Å²) in [6, 6.07) is 3.65. The predicted octanol–water partition coefficient (Wildman–Crippen LogP) is 4.22. The van der Waals surface area contributed by atoms with Gasteiger partial charge in [-0.25, -0.2) is 0 Å². The number of anilines is 1. The fourth-order valence-corrected chi connectivity index (χ4v) is 1.43. The van der Waals surface area contributed by atoms with Crippen LogP contribution in [0.25, 0.3) is 0 Å². The van der Waals surface area contributed by atoms with Gasteiger partial charge < -0.3 is 5.32 Å². The number of rotatable bonds is 4. The average Bonchev–Trinajstić information content (AvgIpc) is 2.25. The molecule has 0 aliphatic heterocycles. The van der Waals surface area contributed by atoms with Crippen molar-refractivity contribution in [3.8, 4) is 0 Å². The van der Waals surface area contributed by atoms with Crippen LogP contribution in [-0.2, 0) is 6.18 Å². The van der Waals surface area contributed by atoms with E-state index in [2.05, 4.69) is 5.32 Å². The summed E-state index contributed by atoms with van der Waals surface area (Å²) in [7, 11) is 0. The standard InChI is InChI=1S/C12H13ClF3N/c1-9-4-5-10(12(14,15)16)8-11(9)17-7-3-2-6-13/h2-5,8,17H,6-7H2,1H3/b3-2+. The van der Waals surface area contributed by atoms with Gasteiger partial charge in [0.25, 0.3) is 0 Å². The van der Waals surface area contributed by atoms with Gasteiger partial charge in [0.1, 0.15) is 0 Å². The summed E-state index contributed by atoms with van der Waals surface area (Å²) in [4.78, 5) is 0. The lowest BCUT2D eigenvalue weighted by atomic mass is 10.1. The van der Waals surface area contributed by atoms with Crippen LogP contribution in [0.1, 0.15) is 11.1 Å². The summed E-state index contributed by atoms with van der Waals surface area (Å²) in [5.41, 5.74) is 0.614. The summed E-state index contributed by atoms with van der Waals surface area (Å²) in [6.45, 7) is 2.21. The van der Waals surface area contributed by atoms with E-state index in [1.165, 1.54) is 6.07 Å². The van der Waals surface area contributed by atoms with Crippen molar-refractivity contribution in [2.45, 2.75) is 13.1 Å². The van der Waals surface area contributed by atoms with Gasteiger partial charge in [0.2, 0.25) is 0 Å². The summed E-state index contributed by atoms with van der Waals surface area (Å²) in [6.07, 6.45) is -0.805. The van der Waals surface area contributed by atoms with Crippen LogP contribution in [0.2, 0.25) is 0 Å². The minimum absolute atomic E-state index is 0.392. The Morgan fingerprint density at radius 1 is 1.29 bits per heavy atom. The summed E-state index contributed by atoms with van der Waals surface area (Å²) >= 11 is 5.44. The van der Waals surface area contributed by atoms with E-state index in [0.29, 0.717) is 18.1 Å². The molecule has 0 bridgehead atoms. The van der Waals surface area contributed by atoms with Gasteiger partial charge in [0.15, 0.2) is 0 Å². The molecule has 0 heterocycles. The molecule has 1 N–H and O–H groups in total. The number of alkyl halides is 4. The van der Waals surface area contributed by atoms with Crippen LogP contribution in [0.3, 0.4) is 0 Å². The molecule has 94 valence electrons. The Morgan fingerprint density at radius 3 is 2.59 bits per heavy atom. The van der Waals surface area contributed by atoms with Crippen LogP contribution in [0, 0.1) is 6.92 Å². The molecule has 1 rings (SSSR count). The number of halogens is 4. The van der Waals surface area contributed by atoms with Crippen molar-refractivity contribution in [3.63, 3.8) is 0 Å². The van der Waals surface area contributed by atoms with Crippen LogP contribution in [0.5, 0.6) is 0 Å². The first-order valence-electron chi connectivity index (χ1n) is 5.08. The number of allylic oxidation sites excluding steroid dienone is 1. The Labute approximate surface area is 103 Å². The lowest BCUT2D eigenvalue weighted by molar-refractivity contribution is -0.137. The Hall–Kier alpha value is -1.16. The minimum Gasteiger partial charge on any atom is -0.381 e. The van der Waals surface area contributed by atoms with Gasteiger partial charge in [0, 0.05) is 18.1 Å². The van der Waals surface area contributed by atoms with Gasteiger partial charge >= 0.3 is 6.18 Å². The zero-order chi connectivity index (χ0) is 12.9. The Morgan fingerprint density at radius 2 is 2.00 bits per heavy atom. The molecule has 0 aliphatic carbocycles. The highest BCUT2D eigenvalue weighted by molar-refractivity contribution is 6.18. The van der Waals surface area contributed by atoms with Crippen molar-refractivity contribution in [1.29, 1.82) is 0 Å². The van der Waals surface area contributed by atoms with Crippen molar-refractivity contribution in [2.24, 2.45) is 0 Å². The second-order valence-electron chi connectivity index (χ2n) is 3.53. The smallest absolute Gasteiger partial charge is 0.381 e. The summed E-state index contributed by atoms with van der Waals surface area (Å²) in [5, 5.41) is 2.91. The van der Waals surface area contributed by atoms with Crippen molar-refractivity contribution >= 4 is 17.3 Å². The zero-order valence-corrected chi connectivity index (χ0v) is 10.1. The van der Waals surface area contributed by atoms with Crippen molar-refractivity contribution in [1.82, 2.24) is 0 Å². The van der Waals surface area contributed by atoms with Crippen LogP contribution >= 0.6 is 11.6 Å². The number of benzene rings is 1. The molecule has 0 fully saturated rings. The minimum atomic E-state index is -4.31.